The normalized spacial score (nSPS) is 25.6. The molecule has 0 heterocycles. The molecule has 1 aliphatic rings. The second-order valence-corrected chi connectivity index (χ2v) is 6.97. The van der Waals surface area contributed by atoms with Gasteiger partial charge in [0.25, 0.3) is 0 Å². The predicted octanol–water partition coefficient (Wildman–Crippen LogP) is 4.02. The number of carboxylic acids is 1. The smallest absolute Gasteiger partial charge is 0.311 e. The van der Waals surface area contributed by atoms with Crippen molar-refractivity contribution in [3.05, 3.63) is 29.3 Å². The summed E-state index contributed by atoms with van der Waals surface area (Å²) in [6, 6.07) is 6.41. The molecule has 0 saturated heterocycles. The zero-order chi connectivity index (χ0) is 15.6. The number of aryl methyl sites for hydroxylation is 2. The van der Waals surface area contributed by atoms with E-state index in [1.807, 2.05) is 7.05 Å². The minimum absolute atomic E-state index is 0.584. The summed E-state index contributed by atoms with van der Waals surface area (Å²) in [5.41, 5.74) is 2.97. The van der Waals surface area contributed by atoms with Gasteiger partial charge >= 0.3 is 5.97 Å². The molecule has 1 aliphatic carbocycles. The molecule has 1 N–H and O–H groups in total. The molecular weight excluding hydrogens is 262 g/mol. The SMILES string of the molecule is Cc1cc(C)cc(N(C)CC2(C(=O)O)CCC(C)CC2)c1. The fraction of sp³-hybridized carbons (Fsp3) is 0.611. The summed E-state index contributed by atoms with van der Waals surface area (Å²) in [5.74, 6) is 0.0228. The van der Waals surface area contributed by atoms with Crippen LogP contribution >= 0.6 is 0 Å². The fourth-order valence-corrected chi connectivity index (χ4v) is 3.47. The third-order valence-electron chi connectivity index (χ3n) is 4.87. The van der Waals surface area contributed by atoms with Gasteiger partial charge in [-0.15, -0.1) is 0 Å². The van der Waals surface area contributed by atoms with Crippen molar-refractivity contribution in [2.75, 3.05) is 18.5 Å². The summed E-state index contributed by atoms with van der Waals surface area (Å²) in [6.07, 6.45) is 3.62. The molecule has 3 nitrogen and oxygen atoms in total. The van der Waals surface area contributed by atoms with Gasteiger partial charge in [0.2, 0.25) is 0 Å². The van der Waals surface area contributed by atoms with Gasteiger partial charge < -0.3 is 10.0 Å². The summed E-state index contributed by atoms with van der Waals surface area (Å²) >= 11 is 0. The predicted molar refractivity (Wildman–Crippen MR) is 86.9 cm³/mol. The van der Waals surface area contributed by atoms with Gasteiger partial charge in [-0.3, -0.25) is 4.79 Å². The number of hydrogen-bond acceptors (Lipinski definition) is 2. The average Bonchev–Trinajstić information content (AvgIpc) is 2.40. The van der Waals surface area contributed by atoms with E-state index in [2.05, 4.69) is 43.9 Å². The summed E-state index contributed by atoms with van der Waals surface area (Å²) in [5, 5.41) is 9.75. The molecule has 1 saturated carbocycles. The lowest BCUT2D eigenvalue weighted by Crippen LogP contribution is -2.44. The number of carbonyl (C=O) groups is 1. The van der Waals surface area contributed by atoms with Crippen molar-refractivity contribution < 1.29 is 9.90 Å². The highest BCUT2D eigenvalue weighted by atomic mass is 16.4. The second kappa shape index (κ2) is 6.08. The van der Waals surface area contributed by atoms with Crippen LogP contribution in [0.1, 0.15) is 43.7 Å². The lowest BCUT2D eigenvalue weighted by Gasteiger charge is -2.39. The van der Waals surface area contributed by atoms with E-state index in [0.29, 0.717) is 12.5 Å². The number of aliphatic carboxylic acids is 1. The van der Waals surface area contributed by atoms with Crippen LogP contribution in [0.3, 0.4) is 0 Å². The Labute approximate surface area is 128 Å². The molecule has 3 heteroatoms. The molecule has 116 valence electrons. The van der Waals surface area contributed by atoms with E-state index in [0.717, 1.165) is 31.4 Å². The van der Waals surface area contributed by atoms with Crippen LogP contribution in [0, 0.1) is 25.2 Å². The summed E-state index contributed by atoms with van der Waals surface area (Å²) in [4.78, 5) is 14.0. The maximum atomic E-state index is 11.9. The molecule has 1 aromatic carbocycles. The van der Waals surface area contributed by atoms with Gasteiger partial charge in [0, 0.05) is 19.3 Å². The van der Waals surface area contributed by atoms with E-state index in [9.17, 15) is 9.90 Å². The molecule has 0 unspecified atom stereocenters. The summed E-state index contributed by atoms with van der Waals surface area (Å²) in [6.45, 7) is 6.98. The molecule has 0 atom stereocenters. The average molecular weight is 289 g/mol. The minimum Gasteiger partial charge on any atom is -0.481 e. The van der Waals surface area contributed by atoms with Crippen LogP contribution in [-0.4, -0.2) is 24.7 Å². The first-order valence-corrected chi connectivity index (χ1v) is 7.85. The van der Waals surface area contributed by atoms with Crippen LogP contribution in [0.4, 0.5) is 5.69 Å². The van der Waals surface area contributed by atoms with Crippen LogP contribution in [0.5, 0.6) is 0 Å². The maximum Gasteiger partial charge on any atom is 0.311 e. The Kier molecular flexibility index (Phi) is 4.60. The molecule has 0 aliphatic heterocycles. The topological polar surface area (TPSA) is 40.5 Å². The highest BCUT2D eigenvalue weighted by Gasteiger charge is 2.42. The first kappa shape index (κ1) is 15.9. The van der Waals surface area contributed by atoms with Crippen molar-refractivity contribution in [3.8, 4) is 0 Å². The van der Waals surface area contributed by atoms with Gasteiger partial charge in [0.1, 0.15) is 0 Å². The highest BCUT2D eigenvalue weighted by molar-refractivity contribution is 5.76. The number of rotatable bonds is 4. The molecule has 1 fully saturated rings. The molecule has 0 bridgehead atoms. The number of hydrogen-bond donors (Lipinski definition) is 1. The lowest BCUT2D eigenvalue weighted by molar-refractivity contribution is -0.150. The van der Waals surface area contributed by atoms with Gasteiger partial charge in [0.05, 0.1) is 5.41 Å². The van der Waals surface area contributed by atoms with Crippen molar-refractivity contribution >= 4 is 11.7 Å². The van der Waals surface area contributed by atoms with Crippen molar-refractivity contribution in [3.63, 3.8) is 0 Å². The molecular formula is C18H27NO2. The number of anilines is 1. The van der Waals surface area contributed by atoms with Gasteiger partial charge in [-0.05, 0) is 68.7 Å². The highest BCUT2D eigenvalue weighted by Crippen LogP contribution is 2.40. The van der Waals surface area contributed by atoms with E-state index < -0.39 is 11.4 Å². The fourth-order valence-electron chi connectivity index (χ4n) is 3.47. The Hall–Kier alpha value is -1.51. The monoisotopic (exact) mass is 289 g/mol. The van der Waals surface area contributed by atoms with Crippen molar-refractivity contribution in [1.29, 1.82) is 0 Å². The second-order valence-electron chi connectivity index (χ2n) is 6.97. The zero-order valence-electron chi connectivity index (χ0n) is 13.6. The third-order valence-corrected chi connectivity index (χ3v) is 4.87. The first-order valence-electron chi connectivity index (χ1n) is 7.85. The van der Waals surface area contributed by atoms with Crippen LogP contribution < -0.4 is 4.90 Å². The Balaban J connectivity index is 2.18. The Morgan fingerprint density at radius 3 is 2.24 bits per heavy atom. The largest absolute Gasteiger partial charge is 0.481 e. The van der Waals surface area contributed by atoms with Gasteiger partial charge in [-0.25, -0.2) is 0 Å². The molecule has 0 aromatic heterocycles. The molecule has 0 radical (unpaired) electrons. The number of carboxylic acid groups (broad SMARTS) is 1. The van der Waals surface area contributed by atoms with Crippen LogP contribution in [0.15, 0.2) is 18.2 Å². The zero-order valence-corrected chi connectivity index (χ0v) is 13.6. The van der Waals surface area contributed by atoms with Gasteiger partial charge in [-0.2, -0.15) is 0 Å². The number of nitrogens with zero attached hydrogens (tertiary/aromatic N) is 1. The van der Waals surface area contributed by atoms with E-state index in [4.69, 9.17) is 0 Å². The molecule has 0 spiro atoms. The minimum atomic E-state index is -0.634. The molecule has 1 aromatic rings. The van der Waals surface area contributed by atoms with Gasteiger partial charge in [-0.1, -0.05) is 13.0 Å². The van der Waals surface area contributed by atoms with E-state index >= 15 is 0 Å². The van der Waals surface area contributed by atoms with Gasteiger partial charge in [0.15, 0.2) is 0 Å². The van der Waals surface area contributed by atoms with Crippen LogP contribution in [-0.2, 0) is 4.79 Å². The van der Waals surface area contributed by atoms with Crippen molar-refractivity contribution in [1.82, 2.24) is 0 Å². The number of benzene rings is 1. The Morgan fingerprint density at radius 2 is 1.76 bits per heavy atom. The standard InChI is InChI=1S/C18H27NO2/c1-13-5-7-18(8-6-13,17(20)21)12-19(4)16-10-14(2)9-15(3)11-16/h9-11,13H,5-8,12H2,1-4H3,(H,20,21). The van der Waals surface area contributed by atoms with Crippen LogP contribution in [0.25, 0.3) is 0 Å². The lowest BCUT2D eigenvalue weighted by atomic mass is 9.70. The third kappa shape index (κ3) is 3.58. The maximum absolute atomic E-state index is 11.9. The molecule has 2 rings (SSSR count). The quantitative estimate of drug-likeness (QED) is 0.910. The van der Waals surface area contributed by atoms with E-state index in [1.54, 1.807) is 0 Å². The van der Waals surface area contributed by atoms with E-state index in [1.165, 1.54) is 11.1 Å². The molecule has 0 amide bonds. The van der Waals surface area contributed by atoms with Crippen LogP contribution in [0.2, 0.25) is 0 Å². The Bertz CT molecular complexity index is 496. The first-order chi connectivity index (χ1) is 9.82. The van der Waals surface area contributed by atoms with E-state index in [-0.39, 0.29) is 0 Å². The van der Waals surface area contributed by atoms with Crippen molar-refractivity contribution in [2.45, 2.75) is 46.5 Å². The summed E-state index contributed by atoms with van der Waals surface area (Å²) < 4.78 is 0. The molecule has 21 heavy (non-hydrogen) atoms. The van der Waals surface area contributed by atoms with Crippen molar-refractivity contribution in [2.24, 2.45) is 11.3 Å². The summed E-state index contributed by atoms with van der Waals surface area (Å²) in [7, 11) is 2.01. The Morgan fingerprint density at radius 1 is 1.24 bits per heavy atom.